The van der Waals surface area contributed by atoms with E-state index in [1.165, 1.54) is 17.7 Å². The molecule has 2 aromatic carbocycles. The molecule has 2 fully saturated rings. The lowest BCUT2D eigenvalue weighted by atomic mass is 10.1. The lowest BCUT2D eigenvalue weighted by Crippen LogP contribution is -2.52. The minimum atomic E-state index is 0.612. The molecule has 2 heterocycles. The monoisotopic (exact) mass is 421 g/mol. The van der Waals surface area contributed by atoms with E-state index in [-0.39, 0.29) is 0 Å². The molecule has 0 bridgehead atoms. The minimum Gasteiger partial charge on any atom is -0.495 e. The molecule has 0 aromatic heterocycles. The van der Waals surface area contributed by atoms with Gasteiger partial charge in [-0.25, -0.2) is 0 Å². The van der Waals surface area contributed by atoms with Gasteiger partial charge in [-0.2, -0.15) is 0 Å². The van der Waals surface area contributed by atoms with Crippen molar-refractivity contribution in [2.45, 2.75) is 13.0 Å². The third-order valence-corrected chi connectivity index (χ3v) is 6.39. The maximum Gasteiger partial charge on any atom is 0.193 e. The fourth-order valence-corrected chi connectivity index (χ4v) is 4.64. The van der Waals surface area contributed by atoms with Gasteiger partial charge in [0.15, 0.2) is 5.96 Å². The van der Waals surface area contributed by atoms with Crippen LogP contribution in [0, 0.1) is 5.92 Å². The summed E-state index contributed by atoms with van der Waals surface area (Å²) in [5, 5.41) is 3.65. The van der Waals surface area contributed by atoms with E-state index in [0.717, 1.165) is 64.1 Å². The number of nitrogens with zero attached hydrogens (tertiary/aromatic N) is 4. The number of piperazine rings is 1. The summed E-state index contributed by atoms with van der Waals surface area (Å²) in [7, 11) is 3.64. The number of hydrogen-bond donors (Lipinski definition) is 1. The van der Waals surface area contributed by atoms with Crippen molar-refractivity contribution in [2.75, 3.05) is 64.9 Å². The Hall–Kier alpha value is -2.73. The molecule has 1 atom stereocenters. The van der Waals surface area contributed by atoms with Crippen molar-refractivity contribution in [3.8, 4) is 5.75 Å². The van der Waals surface area contributed by atoms with E-state index in [1.807, 2.05) is 19.2 Å². The van der Waals surface area contributed by atoms with Crippen molar-refractivity contribution in [3.63, 3.8) is 0 Å². The largest absolute Gasteiger partial charge is 0.495 e. The number of ether oxygens (including phenoxy) is 1. The smallest absolute Gasteiger partial charge is 0.193 e. The van der Waals surface area contributed by atoms with Crippen LogP contribution in [0.4, 0.5) is 5.69 Å². The Labute approximate surface area is 186 Å². The van der Waals surface area contributed by atoms with E-state index >= 15 is 0 Å². The van der Waals surface area contributed by atoms with Crippen LogP contribution in [0.25, 0.3) is 0 Å². The molecule has 2 aromatic rings. The highest BCUT2D eigenvalue weighted by Crippen LogP contribution is 2.31. The summed E-state index contributed by atoms with van der Waals surface area (Å²) < 4.78 is 5.55. The molecule has 1 unspecified atom stereocenters. The Kier molecular flexibility index (Phi) is 7.30. The number of hydrogen-bond acceptors (Lipinski definition) is 4. The van der Waals surface area contributed by atoms with Gasteiger partial charge in [0.2, 0.25) is 0 Å². The second-order valence-corrected chi connectivity index (χ2v) is 8.45. The first-order valence-electron chi connectivity index (χ1n) is 11.4. The first kappa shape index (κ1) is 21.5. The second kappa shape index (κ2) is 10.5. The number of para-hydroxylation sites is 2. The van der Waals surface area contributed by atoms with Crippen LogP contribution in [0.1, 0.15) is 12.0 Å². The molecule has 4 rings (SSSR count). The number of rotatable bonds is 6. The summed E-state index contributed by atoms with van der Waals surface area (Å²) in [5.74, 6) is 2.61. The predicted molar refractivity (Wildman–Crippen MR) is 128 cm³/mol. The molecule has 6 heteroatoms. The van der Waals surface area contributed by atoms with Gasteiger partial charge >= 0.3 is 0 Å². The molecule has 6 nitrogen and oxygen atoms in total. The quantitative estimate of drug-likeness (QED) is 0.574. The molecular weight excluding hydrogens is 386 g/mol. The molecule has 0 spiro atoms. The van der Waals surface area contributed by atoms with Gasteiger partial charge in [0, 0.05) is 59.4 Å². The zero-order valence-corrected chi connectivity index (χ0v) is 18.8. The van der Waals surface area contributed by atoms with Gasteiger partial charge < -0.3 is 19.9 Å². The van der Waals surface area contributed by atoms with E-state index in [4.69, 9.17) is 4.74 Å². The SMILES string of the molecule is CN=C(NCC1CCN(c2ccccc2OC)C1)N1CCN(Cc2ccccc2)CC1. The third-order valence-electron chi connectivity index (χ3n) is 6.39. The van der Waals surface area contributed by atoms with Crippen LogP contribution in [0.3, 0.4) is 0 Å². The number of anilines is 1. The van der Waals surface area contributed by atoms with Crippen LogP contribution < -0.4 is 15.0 Å². The molecule has 0 aliphatic carbocycles. The summed E-state index contributed by atoms with van der Waals surface area (Å²) in [6.07, 6.45) is 1.19. The molecule has 31 heavy (non-hydrogen) atoms. The third kappa shape index (κ3) is 5.50. The highest BCUT2D eigenvalue weighted by Gasteiger charge is 2.26. The highest BCUT2D eigenvalue weighted by molar-refractivity contribution is 5.80. The molecule has 0 saturated carbocycles. The zero-order valence-electron chi connectivity index (χ0n) is 18.8. The lowest BCUT2D eigenvalue weighted by molar-refractivity contribution is 0.172. The zero-order chi connectivity index (χ0) is 21.5. The van der Waals surface area contributed by atoms with Crippen LogP contribution >= 0.6 is 0 Å². The maximum absolute atomic E-state index is 5.55. The fourth-order valence-electron chi connectivity index (χ4n) is 4.64. The standard InChI is InChI=1S/C25H35N5O/c1-26-25(29-16-14-28(15-17-29)19-21-8-4-3-5-9-21)27-18-22-12-13-30(20-22)23-10-6-7-11-24(23)31-2/h3-11,22H,12-20H2,1-2H3,(H,26,27). The van der Waals surface area contributed by atoms with E-state index < -0.39 is 0 Å². The predicted octanol–water partition coefficient (Wildman–Crippen LogP) is 2.91. The van der Waals surface area contributed by atoms with E-state index in [9.17, 15) is 0 Å². The summed E-state index contributed by atoms with van der Waals surface area (Å²) in [6, 6.07) is 19.1. The second-order valence-electron chi connectivity index (χ2n) is 8.45. The summed E-state index contributed by atoms with van der Waals surface area (Å²) in [4.78, 5) is 11.9. The van der Waals surface area contributed by atoms with E-state index in [2.05, 4.69) is 67.5 Å². The van der Waals surface area contributed by atoms with Crippen molar-refractivity contribution in [1.82, 2.24) is 15.1 Å². The van der Waals surface area contributed by atoms with Crippen molar-refractivity contribution in [2.24, 2.45) is 10.9 Å². The maximum atomic E-state index is 5.55. The molecular formula is C25H35N5O. The Morgan fingerprint density at radius 1 is 1.00 bits per heavy atom. The first-order chi connectivity index (χ1) is 15.3. The number of methoxy groups -OCH3 is 1. The van der Waals surface area contributed by atoms with Crippen LogP contribution in [0.5, 0.6) is 5.75 Å². The summed E-state index contributed by atoms with van der Waals surface area (Å²) in [5.41, 5.74) is 2.59. The van der Waals surface area contributed by atoms with Gasteiger partial charge in [-0.3, -0.25) is 9.89 Å². The molecule has 166 valence electrons. The first-order valence-corrected chi connectivity index (χ1v) is 11.4. The molecule has 1 N–H and O–H groups in total. The fraction of sp³-hybridized carbons (Fsp3) is 0.480. The molecule has 2 aliphatic rings. The number of aliphatic imine (C=N–C) groups is 1. The Morgan fingerprint density at radius 3 is 2.48 bits per heavy atom. The van der Waals surface area contributed by atoms with Gasteiger partial charge in [-0.15, -0.1) is 0 Å². The van der Waals surface area contributed by atoms with Crippen molar-refractivity contribution in [1.29, 1.82) is 0 Å². The van der Waals surface area contributed by atoms with Gasteiger partial charge in [0.05, 0.1) is 12.8 Å². The average Bonchev–Trinajstić information content (AvgIpc) is 3.30. The van der Waals surface area contributed by atoms with Crippen molar-refractivity contribution >= 4 is 11.6 Å². The Bertz CT molecular complexity index is 848. The van der Waals surface area contributed by atoms with Gasteiger partial charge in [0.25, 0.3) is 0 Å². The lowest BCUT2D eigenvalue weighted by Gasteiger charge is -2.36. The number of benzene rings is 2. The van der Waals surface area contributed by atoms with Crippen LogP contribution in [0.2, 0.25) is 0 Å². The Morgan fingerprint density at radius 2 is 1.74 bits per heavy atom. The molecule has 2 saturated heterocycles. The van der Waals surface area contributed by atoms with Crippen molar-refractivity contribution in [3.05, 3.63) is 60.2 Å². The minimum absolute atomic E-state index is 0.612. The van der Waals surface area contributed by atoms with Gasteiger partial charge in [0.1, 0.15) is 5.75 Å². The van der Waals surface area contributed by atoms with Gasteiger partial charge in [-0.1, -0.05) is 42.5 Å². The van der Waals surface area contributed by atoms with Crippen LogP contribution in [-0.4, -0.2) is 75.7 Å². The van der Waals surface area contributed by atoms with E-state index in [0.29, 0.717) is 5.92 Å². The molecule has 0 amide bonds. The van der Waals surface area contributed by atoms with Crippen molar-refractivity contribution < 1.29 is 4.74 Å². The normalized spacial score (nSPS) is 20.2. The number of nitrogens with one attached hydrogen (secondary N) is 1. The van der Waals surface area contributed by atoms with E-state index in [1.54, 1.807) is 7.11 Å². The average molecular weight is 422 g/mol. The topological polar surface area (TPSA) is 43.3 Å². The Balaban J connectivity index is 1.23. The summed E-state index contributed by atoms with van der Waals surface area (Å²) >= 11 is 0. The molecule has 0 radical (unpaired) electrons. The molecule has 2 aliphatic heterocycles. The highest BCUT2D eigenvalue weighted by atomic mass is 16.5. The summed E-state index contributed by atoms with van der Waals surface area (Å²) in [6.45, 7) is 8.29. The number of guanidine groups is 1. The van der Waals surface area contributed by atoms with Crippen LogP contribution in [0.15, 0.2) is 59.6 Å². The van der Waals surface area contributed by atoms with Gasteiger partial charge in [-0.05, 0) is 30.0 Å². The van der Waals surface area contributed by atoms with Crippen LogP contribution in [-0.2, 0) is 6.54 Å².